The number of amides is 1. The predicted octanol–water partition coefficient (Wildman–Crippen LogP) is 2.84. The summed E-state index contributed by atoms with van der Waals surface area (Å²) < 4.78 is 36.8. The lowest BCUT2D eigenvalue weighted by molar-refractivity contribution is -0.0389. The maximum atomic E-state index is 13.3. The average molecular weight is 385 g/mol. The average Bonchev–Trinajstić information content (AvgIpc) is 3.19. The number of hydrogen-bond donors (Lipinski definition) is 1. The number of aromatic nitrogens is 3. The summed E-state index contributed by atoms with van der Waals surface area (Å²) in [5.74, 6) is -2.18. The normalized spacial score (nSPS) is 20.0. The monoisotopic (exact) mass is 385 g/mol. The van der Waals surface area contributed by atoms with E-state index in [4.69, 9.17) is 15.0 Å². The van der Waals surface area contributed by atoms with E-state index in [1.54, 1.807) is 0 Å². The number of alkyl halides is 2. The van der Waals surface area contributed by atoms with Crippen LogP contribution in [0.3, 0.4) is 0 Å². The van der Waals surface area contributed by atoms with Crippen LogP contribution in [0.2, 0.25) is 0 Å². The van der Waals surface area contributed by atoms with Crippen LogP contribution in [0.4, 0.5) is 19.6 Å². The van der Waals surface area contributed by atoms with E-state index in [-0.39, 0.29) is 24.0 Å². The molecule has 0 atom stereocenters. The van der Waals surface area contributed by atoms with Gasteiger partial charge in [-0.1, -0.05) is 16.5 Å². The topological polar surface area (TPSA) is 107 Å². The van der Waals surface area contributed by atoms with Gasteiger partial charge in [-0.15, -0.1) is 0 Å². The lowest BCUT2D eigenvalue weighted by Gasteiger charge is -2.26. The van der Waals surface area contributed by atoms with Crippen LogP contribution < -0.4 is 15.4 Å². The Morgan fingerprint density at radius 2 is 2.12 bits per heavy atom. The first-order valence-electron chi connectivity index (χ1n) is 8.32. The fourth-order valence-electron chi connectivity index (χ4n) is 3.28. The molecule has 0 aromatic carbocycles. The van der Waals surface area contributed by atoms with Crippen LogP contribution in [0.25, 0.3) is 0 Å². The van der Waals surface area contributed by atoms with Gasteiger partial charge in [0.2, 0.25) is 5.92 Å². The number of rotatable bonds is 3. The Bertz CT molecular complexity index is 814. The van der Waals surface area contributed by atoms with E-state index in [9.17, 15) is 13.6 Å². The summed E-state index contributed by atoms with van der Waals surface area (Å²) in [7, 11) is 0. The number of primary amides is 1. The number of nitrogens with two attached hydrogens (primary N) is 1. The SMILES string of the molecule is NC(=O)Oc1nc2c(s1)CN(c1nc(C3CCC(F)(F)CC3)no1)CC2. The molecular formula is C15H17F2N5O3S. The highest BCUT2D eigenvalue weighted by atomic mass is 32.1. The summed E-state index contributed by atoms with van der Waals surface area (Å²) in [5.41, 5.74) is 5.86. The quantitative estimate of drug-likeness (QED) is 0.865. The molecular weight excluding hydrogens is 368 g/mol. The molecule has 2 aromatic rings. The van der Waals surface area contributed by atoms with Gasteiger partial charge in [0, 0.05) is 31.7 Å². The highest BCUT2D eigenvalue weighted by molar-refractivity contribution is 7.13. The summed E-state index contributed by atoms with van der Waals surface area (Å²) in [4.78, 5) is 22.3. The van der Waals surface area contributed by atoms with Crippen molar-refractivity contribution in [2.45, 2.75) is 50.5 Å². The van der Waals surface area contributed by atoms with Crippen molar-refractivity contribution in [3.05, 3.63) is 16.4 Å². The molecule has 140 valence electrons. The molecule has 4 rings (SSSR count). The summed E-state index contributed by atoms with van der Waals surface area (Å²) in [5, 5.41) is 4.21. The van der Waals surface area contributed by atoms with Crippen molar-refractivity contribution in [3.63, 3.8) is 0 Å². The highest BCUT2D eigenvalue weighted by Gasteiger charge is 2.37. The van der Waals surface area contributed by atoms with E-state index in [0.29, 0.717) is 44.2 Å². The molecule has 1 saturated carbocycles. The van der Waals surface area contributed by atoms with Gasteiger partial charge in [0.1, 0.15) is 0 Å². The number of carbonyl (C=O) groups is 1. The molecule has 0 spiro atoms. The van der Waals surface area contributed by atoms with Gasteiger partial charge in [-0.05, 0) is 12.8 Å². The zero-order valence-electron chi connectivity index (χ0n) is 13.8. The van der Waals surface area contributed by atoms with Crippen molar-refractivity contribution in [2.24, 2.45) is 5.73 Å². The maximum Gasteiger partial charge on any atom is 0.411 e. The molecule has 3 heterocycles. The van der Waals surface area contributed by atoms with Gasteiger partial charge in [-0.2, -0.15) is 4.98 Å². The van der Waals surface area contributed by atoms with Crippen LogP contribution in [-0.2, 0) is 13.0 Å². The van der Waals surface area contributed by atoms with Crippen LogP contribution >= 0.6 is 11.3 Å². The van der Waals surface area contributed by atoms with Gasteiger partial charge >= 0.3 is 12.1 Å². The molecule has 2 aliphatic rings. The standard InChI is InChI=1S/C15H17F2N5O3S/c16-15(17)4-1-8(2-5-15)11-20-13(25-21-11)22-6-3-9-10(7-22)26-14(19-9)24-12(18)23/h8H,1-7H2,(H2,18,23). The second kappa shape index (κ2) is 6.45. The first-order valence-corrected chi connectivity index (χ1v) is 9.13. The van der Waals surface area contributed by atoms with Gasteiger partial charge in [-0.3, -0.25) is 0 Å². The van der Waals surface area contributed by atoms with Crippen molar-refractivity contribution < 1.29 is 22.8 Å². The molecule has 1 aliphatic carbocycles. The third-order valence-electron chi connectivity index (χ3n) is 4.68. The summed E-state index contributed by atoms with van der Waals surface area (Å²) in [6, 6.07) is 0.369. The Morgan fingerprint density at radius 3 is 2.85 bits per heavy atom. The van der Waals surface area contributed by atoms with Crippen LogP contribution in [-0.4, -0.2) is 33.7 Å². The Balaban J connectivity index is 1.44. The second-order valence-electron chi connectivity index (χ2n) is 6.51. The number of nitrogens with zero attached hydrogens (tertiary/aromatic N) is 4. The first-order chi connectivity index (χ1) is 12.4. The fourth-order valence-corrected chi connectivity index (χ4v) is 4.26. The van der Waals surface area contributed by atoms with Crippen LogP contribution in [0.15, 0.2) is 4.52 Å². The van der Waals surface area contributed by atoms with Crippen molar-refractivity contribution in [2.75, 3.05) is 11.4 Å². The maximum absolute atomic E-state index is 13.3. The largest absolute Gasteiger partial charge is 0.411 e. The van der Waals surface area contributed by atoms with Crippen molar-refractivity contribution in [3.8, 4) is 5.19 Å². The molecule has 2 N–H and O–H groups in total. The number of fused-ring (bicyclic) bond motifs is 1. The minimum absolute atomic E-state index is 0.0912. The van der Waals surface area contributed by atoms with E-state index >= 15 is 0 Å². The molecule has 11 heteroatoms. The Morgan fingerprint density at radius 1 is 1.35 bits per heavy atom. The number of thiazole rings is 1. The van der Waals surface area contributed by atoms with Gasteiger partial charge in [0.15, 0.2) is 5.82 Å². The van der Waals surface area contributed by atoms with Gasteiger partial charge in [-0.25, -0.2) is 18.6 Å². The second-order valence-corrected chi connectivity index (χ2v) is 7.55. The zero-order valence-corrected chi connectivity index (χ0v) is 14.6. The Kier molecular flexibility index (Phi) is 4.25. The van der Waals surface area contributed by atoms with Crippen molar-refractivity contribution in [1.29, 1.82) is 0 Å². The third kappa shape index (κ3) is 3.48. The van der Waals surface area contributed by atoms with Crippen LogP contribution in [0.5, 0.6) is 5.19 Å². The van der Waals surface area contributed by atoms with Crippen LogP contribution in [0.1, 0.15) is 48.0 Å². The van der Waals surface area contributed by atoms with Crippen LogP contribution in [0, 0.1) is 0 Å². The Labute approximate surface area is 151 Å². The molecule has 8 nitrogen and oxygen atoms in total. The number of hydrogen-bond acceptors (Lipinski definition) is 8. The minimum Gasteiger partial charge on any atom is -0.381 e. The molecule has 0 bridgehead atoms. The van der Waals surface area contributed by atoms with E-state index < -0.39 is 12.0 Å². The van der Waals surface area contributed by atoms with Crippen molar-refractivity contribution in [1.82, 2.24) is 15.1 Å². The molecule has 26 heavy (non-hydrogen) atoms. The molecule has 2 aromatic heterocycles. The third-order valence-corrected chi connectivity index (χ3v) is 5.64. The number of ether oxygens (including phenoxy) is 1. The smallest absolute Gasteiger partial charge is 0.381 e. The van der Waals surface area contributed by atoms with Gasteiger partial charge < -0.3 is 19.9 Å². The molecule has 0 saturated heterocycles. The first kappa shape index (κ1) is 17.1. The molecule has 1 fully saturated rings. The number of anilines is 1. The number of carbonyl (C=O) groups excluding carboxylic acids is 1. The summed E-state index contributed by atoms with van der Waals surface area (Å²) >= 11 is 1.25. The zero-order chi connectivity index (χ0) is 18.3. The van der Waals surface area contributed by atoms with Gasteiger partial charge in [0.25, 0.3) is 5.19 Å². The molecule has 1 aliphatic heterocycles. The lowest BCUT2D eigenvalue weighted by Crippen LogP contribution is -2.30. The van der Waals surface area contributed by atoms with E-state index in [0.717, 1.165) is 10.6 Å². The number of halogens is 2. The minimum atomic E-state index is -2.58. The van der Waals surface area contributed by atoms with E-state index in [1.165, 1.54) is 11.3 Å². The van der Waals surface area contributed by atoms with Crippen molar-refractivity contribution >= 4 is 23.4 Å². The van der Waals surface area contributed by atoms with E-state index in [1.807, 2.05) is 4.90 Å². The highest BCUT2D eigenvalue weighted by Crippen LogP contribution is 2.40. The summed E-state index contributed by atoms with van der Waals surface area (Å²) in [6.45, 7) is 1.12. The van der Waals surface area contributed by atoms with E-state index in [2.05, 4.69) is 15.1 Å². The lowest BCUT2D eigenvalue weighted by atomic mass is 9.86. The predicted molar refractivity (Wildman–Crippen MR) is 87.5 cm³/mol. The molecule has 0 radical (unpaired) electrons. The Hall–Kier alpha value is -2.30. The summed E-state index contributed by atoms with van der Waals surface area (Å²) in [6.07, 6.45) is 0.183. The molecule has 0 unspecified atom stereocenters. The van der Waals surface area contributed by atoms with Gasteiger partial charge in [0.05, 0.1) is 17.1 Å². The molecule has 1 amide bonds. The fraction of sp³-hybridized carbons (Fsp3) is 0.600.